The van der Waals surface area contributed by atoms with E-state index in [0.29, 0.717) is 5.69 Å². The normalized spacial score (nSPS) is 10.7. The van der Waals surface area contributed by atoms with E-state index < -0.39 is 0 Å². The molecule has 24 heavy (non-hydrogen) atoms. The molecule has 0 fully saturated rings. The van der Waals surface area contributed by atoms with Crippen LogP contribution in [0.4, 0.5) is 0 Å². The standard InChI is InChI=1S/C19H14N4O/c24-19-11-16(13-20-21-19)23-18(15-9-5-2-6-10-15)12-17(22-23)14-7-3-1-4-8-14/h1-13H,(H,21,24). The van der Waals surface area contributed by atoms with Crippen molar-refractivity contribution in [3.05, 3.63) is 89.3 Å². The highest BCUT2D eigenvalue weighted by Gasteiger charge is 2.13. The molecule has 0 aliphatic heterocycles. The molecule has 2 heterocycles. The van der Waals surface area contributed by atoms with Gasteiger partial charge in [-0.2, -0.15) is 10.2 Å². The molecule has 0 aliphatic rings. The molecule has 0 saturated carbocycles. The zero-order valence-electron chi connectivity index (χ0n) is 12.8. The Bertz CT molecular complexity index is 1020. The Morgan fingerprint density at radius 2 is 1.50 bits per heavy atom. The third-order valence-electron chi connectivity index (χ3n) is 3.74. The van der Waals surface area contributed by atoms with Gasteiger partial charge in [0, 0.05) is 17.2 Å². The van der Waals surface area contributed by atoms with Gasteiger partial charge in [0.1, 0.15) is 0 Å². The number of hydrogen-bond acceptors (Lipinski definition) is 3. The van der Waals surface area contributed by atoms with Crippen molar-refractivity contribution in [2.24, 2.45) is 0 Å². The number of rotatable bonds is 3. The van der Waals surface area contributed by atoms with Gasteiger partial charge in [0.05, 0.1) is 23.3 Å². The third kappa shape index (κ3) is 2.63. The number of benzene rings is 2. The second-order valence-corrected chi connectivity index (χ2v) is 5.36. The van der Waals surface area contributed by atoms with Gasteiger partial charge in [-0.1, -0.05) is 60.7 Å². The predicted octanol–water partition coefficient (Wildman–Crippen LogP) is 3.29. The maximum absolute atomic E-state index is 11.6. The second kappa shape index (κ2) is 5.96. The molecule has 4 rings (SSSR count). The summed E-state index contributed by atoms with van der Waals surface area (Å²) in [5.41, 5.74) is 4.15. The lowest BCUT2D eigenvalue weighted by molar-refractivity contribution is 0.860. The van der Waals surface area contributed by atoms with E-state index in [1.54, 1.807) is 10.9 Å². The van der Waals surface area contributed by atoms with Crippen LogP contribution >= 0.6 is 0 Å². The molecule has 1 N–H and O–H groups in total. The van der Waals surface area contributed by atoms with Gasteiger partial charge in [0.15, 0.2) is 0 Å². The number of aromatic nitrogens is 4. The van der Waals surface area contributed by atoms with E-state index in [2.05, 4.69) is 10.2 Å². The Labute approximate surface area is 138 Å². The summed E-state index contributed by atoms with van der Waals surface area (Å²) in [5, 5.41) is 11.0. The average Bonchev–Trinajstić information content (AvgIpc) is 3.09. The molecule has 0 atom stereocenters. The van der Waals surface area contributed by atoms with Crippen molar-refractivity contribution in [1.29, 1.82) is 0 Å². The summed E-state index contributed by atoms with van der Waals surface area (Å²) >= 11 is 0. The second-order valence-electron chi connectivity index (χ2n) is 5.36. The van der Waals surface area contributed by atoms with Crippen LogP contribution in [0.15, 0.2) is 83.8 Å². The monoisotopic (exact) mass is 314 g/mol. The average molecular weight is 314 g/mol. The highest BCUT2D eigenvalue weighted by Crippen LogP contribution is 2.27. The summed E-state index contributed by atoms with van der Waals surface area (Å²) in [5.74, 6) is 0. The van der Waals surface area contributed by atoms with Gasteiger partial charge < -0.3 is 0 Å². The summed E-state index contributed by atoms with van der Waals surface area (Å²) in [4.78, 5) is 11.6. The van der Waals surface area contributed by atoms with Crippen LogP contribution in [0.5, 0.6) is 0 Å². The first-order valence-corrected chi connectivity index (χ1v) is 7.57. The minimum atomic E-state index is -0.261. The zero-order valence-corrected chi connectivity index (χ0v) is 12.8. The van der Waals surface area contributed by atoms with E-state index in [1.165, 1.54) is 6.07 Å². The molecule has 0 unspecified atom stereocenters. The zero-order chi connectivity index (χ0) is 16.4. The van der Waals surface area contributed by atoms with Crippen molar-refractivity contribution in [1.82, 2.24) is 20.0 Å². The van der Waals surface area contributed by atoms with Gasteiger partial charge in [-0.05, 0) is 6.07 Å². The van der Waals surface area contributed by atoms with E-state index in [-0.39, 0.29) is 5.56 Å². The van der Waals surface area contributed by atoms with E-state index >= 15 is 0 Å². The Kier molecular flexibility index (Phi) is 3.51. The molecule has 0 aliphatic carbocycles. The molecule has 5 nitrogen and oxygen atoms in total. The van der Waals surface area contributed by atoms with Crippen LogP contribution in [0.2, 0.25) is 0 Å². The van der Waals surface area contributed by atoms with Crippen LogP contribution in [0.3, 0.4) is 0 Å². The third-order valence-corrected chi connectivity index (χ3v) is 3.74. The lowest BCUT2D eigenvalue weighted by Crippen LogP contribution is -2.10. The molecule has 0 amide bonds. The van der Waals surface area contributed by atoms with E-state index in [9.17, 15) is 4.79 Å². The SMILES string of the molecule is O=c1cc(-n2nc(-c3ccccc3)cc2-c2ccccc2)cn[nH]1. The van der Waals surface area contributed by atoms with Gasteiger partial charge >= 0.3 is 0 Å². The molecule has 2 aromatic carbocycles. The smallest absolute Gasteiger partial charge is 0.266 e. The number of hydrogen-bond donors (Lipinski definition) is 1. The summed E-state index contributed by atoms with van der Waals surface area (Å²) in [6.07, 6.45) is 1.59. The van der Waals surface area contributed by atoms with Crippen molar-refractivity contribution in [3.8, 4) is 28.2 Å². The molecular weight excluding hydrogens is 300 g/mol. The van der Waals surface area contributed by atoms with Crippen LogP contribution in [0, 0.1) is 0 Å². The van der Waals surface area contributed by atoms with Gasteiger partial charge in [-0.15, -0.1) is 0 Å². The van der Waals surface area contributed by atoms with Gasteiger partial charge in [0.2, 0.25) is 0 Å². The lowest BCUT2D eigenvalue weighted by atomic mass is 10.1. The topological polar surface area (TPSA) is 63.6 Å². The predicted molar refractivity (Wildman–Crippen MR) is 92.9 cm³/mol. The van der Waals surface area contributed by atoms with Crippen molar-refractivity contribution in [2.45, 2.75) is 0 Å². The Balaban J connectivity index is 1.94. The molecule has 0 spiro atoms. The van der Waals surface area contributed by atoms with Gasteiger partial charge in [0.25, 0.3) is 5.56 Å². The van der Waals surface area contributed by atoms with Crippen LogP contribution in [-0.4, -0.2) is 20.0 Å². The maximum Gasteiger partial charge on any atom is 0.266 e. The summed E-state index contributed by atoms with van der Waals surface area (Å²) in [6, 6.07) is 23.4. The summed E-state index contributed by atoms with van der Waals surface area (Å²) in [7, 11) is 0. The van der Waals surface area contributed by atoms with E-state index in [4.69, 9.17) is 5.10 Å². The Morgan fingerprint density at radius 3 is 2.17 bits per heavy atom. The van der Waals surface area contributed by atoms with Gasteiger partial charge in [-0.25, -0.2) is 9.78 Å². The molecule has 2 aromatic heterocycles. The van der Waals surface area contributed by atoms with Crippen molar-refractivity contribution in [3.63, 3.8) is 0 Å². The summed E-state index contributed by atoms with van der Waals surface area (Å²) < 4.78 is 1.75. The number of nitrogens with zero attached hydrogens (tertiary/aromatic N) is 3. The number of aromatic amines is 1. The highest BCUT2D eigenvalue weighted by atomic mass is 16.1. The quantitative estimate of drug-likeness (QED) is 0.631. The minimum Gasteiger partial charge on any atom is -0.268 e. The first kappa shape index (κ1) is 14.1. The van der Waals surface area contributed by atoms with E-state index in [0.717, 1.165) is 22.5 Å². The van der Waals surface area contributed by atoms with Crippen LogP contribution in [-0.2, 0) is 0 Å². The van der Waals surface area contributed by atoms with Crippen LogP contribution in [0.1, 0.15) is 0 Å². The van der Waals surface area contributed by atoms with E-state index in [1.807, 2.05) is 66.7 Å². The van der Waals surface area contributed by atoms with Crippen molar-refractivity contribution in [2.75, 3.05) is 0 Å². The highest BCUT2D eigenvalue weighted by molar-refractivity contribution is 5.70. The number of nitrogens with one attached hydrogen (secondary N) is 1. The fourth-order valence-corrected chi connectivity index (χ4v) is 2.62. The van der Waals surface area contributed by atoms with Gasteiger partial charge in [-0.3, -0.25) is 4.79 Å². The molecule has 116 valence electrons. The first-order valence-electron chi connectivity index (χ1n) is 7.57. The first-order chi connectivity index (χ1) is 11.8. The molecule has 5 heteroatoms. The number of H-pyrrole nitrogens is 1. The van der Waals surface area contributed by atoms with Crippen LogP contribution in [0.25, 0.3) is 28.2 Å². The molecular formula is C19H14N4O. The largest absolute Gasteiger partial charge is 0.268 e. The lowest BCUT2D eigenvalue weighted by Gasteiger charge is -2.06. The summed E-state index contributed by atoms with van der Waals surface area (Å²) in [6.45, 7) is 0. The van der Waals surface area contributed by atoms with Crippen LogP contribution < -0.4 is 5.56 Å². The molecule has 0 bridgehead atoms. The Morgan fingerprint density at radius 1 is 0.833 bits per heavy atom. The fourth-order valence-electron chi connectivity index (χ4n) is 2.62. The fraction of sp³-hybridized carbons (Fsp3) is 0. The van der Waals surface area contributed by atoms with Crippen molar-refractivity contribution >= 4 is 0 Å². The maximum atomic E-state index is 11.6. The minimum absolute atomic E-state index is 0.261. The molecule has 0 radical (unpaired) electrons. The Hall–Kier alpha value is -3.47. The van der Waals surface area contributed by atoms with Crippen molar-refractivity contribution < 1.29 is 0 Å². The molecule has 4 aromatic rings. The molecule has 0 saturated heterocycles.